The molecule has 3 aromatic carbocycles. The Balaban J connectivity index is 1.46. The van der Waals surface area contributed by atoms with Crippen molar-refractivity contribution in [3.63, 3.8) is 0 Å². The monoisotopic (exact) mass is 382 g/mol. The van der Waals surface area contributed by atoms with Gasteiger partial charge in [0.2, 0.25) is 5.89 Å². The van der Waals surface area contributed by atoms with Crippen LogP contribution in [0.15, 0.2) is 75.6 Å². The molecule has 0 spiro atoms. The Morgan fingerprint density at radius 2 is 1.76 bits per heavy atom. The van der Waals surface area contributed by atoms with Crippen LogP contribution in [0.2, 0.25) is 0 Å². The molecule has 5 nitrogen and oxygen atoms in total. The molecule has 2 heterocycles. The van der Waals surface area contributed by atoms with Gasteiger partial charge < -0.3 is 14.2 Å². The number of fused-ring (bicyclic) bond motifs is 2. The molecule has 5 aromatic rings. The van der Waals surface area contributed by atoms with E-state index < -0.39 is 0 Å². The minimum absolute atomic E-state index is 0.288. The Labute approximate surface area is 167 Å². The number of carbonyl (C=O) groups excluding carboxylic acids is 1. The summed E-state index contributed by atoms with van der Waals surface area (Å²) in [5.74, 6) is 0.541. The van der Waals surface area contributed by atoms with E-state index in [2.05, 4.69) is 10.3 Å². The van der Waals surface area contributed by atoms with E-state index >= 15 is 0 Å². The number of hydrogen-bond acceptors (Lipinski definition) is 4. The average Bonchev–Trinajstić information content (AvgIpc) is 3.29. The second-order valence-electron chi connectivity index (χ2n) is 7.08. The van der Waals surface area contributed by atoms with Gasteiger partial charge in [0.25, 0.3) is 5.91 Å². The Morgan fingerprint density at radius 3 is 2.62 bits per heavy atom. The number of benzene rings is 3. The van der Waals surface area contributed by atoms with Crippen molar-refractivity contribution in [2.24, 2.45) is 0 Å². The van der Waals surface area contributed by atoms with Crippen LogP contribution in [0.1, 0.15) is 21.7 Å². The van der Waals surface area contributed by atoms with E-state index in [1.54, 1.807) is 0 Å². The van der Waals surface area contributed by atoms with Crippen LogP contribution >= 0.6 is 0 Å². The SMILES string of the molecule is Cc1ccc2nc(-c3cccc(NC(=O)c4oc5ccccc5c4C)c3)oc2c1. The van der Waals surface area contributed by atoms with Crippen molar-refractivity contribution in [3.05, 3.63) is 83.6 Å². The maximum absolute atomic E-state index is 12.8. The number of nitrogens with one attached hydrogen (secondary N) is 1. The first-order valence-electron chi connectivity index (χ1n) is 9.35. The molecule has 2 aromatic heterocycles. The van der Waals surface area contributed by atoms with E-state index in [1.807, 2.05) is 80.6 Å². The van der Waals surface area contributed by atoms with E-state index in [0.717, 1.165) is 33.2 Å². The van der Waals surface area contributed by atoms with E-state index in [0.29, 0.717) is 22.9 Å². The second-order valence-corrected chi connectivity index (χ2v) is 7.08. The van der Waals surface area contributed by atoms with Gasteiger partial charge in [-0.05, 0) is 55.8 Å². The molecule has 0 saturated carbocycles. The first-order chi connectivity index (χ1) is 14.1. The molecule has 0 unspecified atom stereocenters. The number of carbonyl (C=O) groups is 1. The molecule has 0 saturated heterocycles. The smallest absolute Gasteiger partial charge is 0.291 e. The lowest BCUT2D eigenvalue weighted by Gasteiger charge is -2.05. The average molecular weight is 382 g/mol. The molecule has 5 rings (SSSR count). The molecule has 0 fully saturated rings. The lowest BCUT2D eigenvalue weighted by Crippen LogP contribution is -2.12. The normalized spacial score (nSPS) is 11.2. The maximum Gasteiger partial charge on any atom is 0.291 e. The first kappa shape index (κ1) is 17.3. The molecular formula is C24H18N2O3. The van der Waals surface area contributed by atoms with Crippen LogP contribution in [0.3, 0.4) is 0 Å². The highest BCUT2D eigenvalue weighted by Gasteiger charge is 2.18. The van der Waals surface area contributed by atoms with Crippen LogP contribution in [0, 0.1) is 13.8 Å². The molecule has 1 N–H and O–H groups in total. The van der Waals surface area contributed by atoms with E-state index in [4.69, 9.17) is 8.83 Å². The van der Waals surface area contributed by atoms with Gasteiger partial charge in [0.1, 0.15) is 11.1 Å². The molecule has 0 bridgehead atoms. The van der Waals surface area contributed by atoms with E-state index in [1.165, 1.54) is 0 Å². The fourth-order valence-corrected chi connectivity index (χ4v) is 3.46. The number of amides is 1. The summed E-state index contributed by atoms with van der Waals surface area (Å²) in [5, 5.41) is 3.85. The number of furan rings is 1. The van der Waals surface area contributed by atoms with Crippen LogP contribution < -0.4 is 5.32 Å². The zero-order valence-corrected chi connectivity index (χ0v) is 16.0. The first-order valence-corrected chi connectivity index (χ1v) is 9.35. The lowest BCUT2D eigenvalue weighted by molar-refractivity contribution is 0.0998. The van der Waals surface area contributed by atoms with E-state index in [-0.39, 0.29) is 5.91 Å². The van der Waals surface area contributed by atoms with Gasteiger partial charge in [-0.3, -0.25) is 4.79 Å². The molecule has 0 aliphatic carbocycles. The molecular weight excluding hydrogens is 364 g/mol. The largest absolute Gasteiger partial charge is 0.451 e. The van der Waals surface area contributed by atoms with Crippen molar-refractivity contribution in [2.45, 2.75) is 13.8 Å². The van der Waals surface area contributed by atoms with Crippen molar-refractivity contribution in [1.29, 1.82) is 0 Å². The zero-order valence-electron chi connectivity index (χ0n) is 16.0. The molecule has 29 heavy (non-hydrogen) atoms. The Kier molecular flexibility index (Phi) is 3.95. The summed E-state index contributed by atoms with van der Waals surface area (Å²) >= 11 is 0. The minimum atomic E-state index is -0.288. The fourth-order valence-electron chi connectivity index (χ4n) is 3.46. The Morgan fingerprint density at radius 1 is 0.897 bits per heavy atom. The molecule has 0 atom stereocenters. The Hall–Kier alpha value is -3.86. The number of hydrogen-bond donors (Lipinski definition) is 1. The van der Waals surface area contributed by atoms with Crippen molar-refractivity contribution in [1.82, 2.24) is 4.98 Å². The number of rotatable bonds is 3. The van der Waals surface area contributed by atoms with Crippen LogP contribution in [-0.2, 0) is 0 Å². The maximum atomic E-state index is 12.8. The van der Waals surface area contributed by atoms with Gasteiger partial charge in [0, 0.05) is 22.2 Å². The topological polar surface area (TPSA) is 68.3 Å². The number of aromatic nitrogens is 1. The van der Waals surface area contributed by atoms with Crippen LogP contribution in [0.5, 0.6) is 0 Å². The summed E-state index contributed by atoms with van der Waals surface area (Å²) in [6.07, 6.45) is 0. The number of aryl methyl sites for hydroxylation is 2. The summed E-state index contributed by atoms with van der Waals surface area (Å²) in [5.41, 5.74) is 5.62. The fraction of sp³-hybridized carbons (Fsp3) is 0.0833. The summed E-state index contributed by atoms with van der Waals surface area (Å²) in [6, 6.07) is 20.9. The summed E-state index contributed by atoms with van der Waals surface area (Å²) in [7, 11) is 0. The van der Waals surface area contributed by atoms with Gasteiger partial charge in [0.05, 0.1) is 0 Å². The second kappa shape index (κ2) is 6.63. The van der Waals surface area contributed by atoms with Crippen LogP contribution in [0.25, 0.3) is 33.5 Å². The molecule has 1 amide bonds. The third kappa shape index (κ3) is 3.06. The summed E-state index contributed by atoms with van der Waals surface area (Å²) < 4.78 is 11.7. The van der Waals surface area contributed by atoms with Crippen molar-refractivity contribution < 1.29 is 13.6 Å². The predicted molar refractivity (Wildman–Crippen MR) is 113 cm³/mol. The molecule has 0 aliphatic heterocycles. The third-order valence-corrected chi connectivity index (χ3v) is 4.96. The van der Waals surface area contributed by atoms with Crippen molar-refractivity contribution in [2.75, 3.05) is 5.32 Å². The number of oxazole rings is 1. The molecule has 0 aliphatic rings. The highest BCUT2D eigenvalue weighted by atomic mass is 16.4. The predicted octanol–water partition coefficient (Wildman–Crippen LogP) is 6.11. The zero-order chi connectivity index (χ0) is 20.0. The van der Waals surface area contributed by atoms with Crippen molar-refractivity contribution >= 4 is 33.7 Å². The highest BCUT2D eigenvalue weighted by Crippen LogP contribution is 2.28. The van der Waals surface area contributed by atoms with Gasteiger partial charge in [0.15, 0.2) is 11.3 Å². The van der Waals surface area contributed by atoms with Crippen molar-refractivity contribution in [3.8, 4) is 11.5 Å². The molecule has 0 radical (unpaired) electrons. The van der Waals surface area contributed by atoms with Crippen LogP contribution in [0.4, 0.5) is 5.69 Å². The quantitative estimate of drug-likeness (QED) is 0.409. The molecule has 5 heteroatoms. The highest BCUT2D eigenvalue weighted by molar-refractivity contribution is 6.06. The summed E-state index contributed by atoms with van der Waals surface area (Å²) in [6.45, 7) is 3.90. The number of anilines is 1. The standard InChI is InChI=1S/C24H18N2O3/c1-14-10-11-19-21(12-14)29-24(26-19)16-6-5-7-17(13-16)25-23(27)22-15(2)18-8-3-4-9-20(18)28-22/h3-13H,1-2H3,(H,25,27). The van der Waals surface area contributed by atoms with Crippen LogP contribution in [-0.4, -0.2) is 10.9 Å². The minimum Gasteiger partial charge on any atom is -0.451 e. The third-order valence-electron chi connectivity index (χ3n) is 4.96. The van der Waals surface area contributed by atoms with Gasteiger partial charge in [-0.15, -0.1) is 0 Å². The van der Waals surface area contributed by atoms with E-state index in [9.17, 15) is 4.79 Å². The Bertz CT molecular complexity index is 1380. The van der Waals surface area contributed by atoms with Gasteiger partial charge in [-0.1, -0.05) is 30.3 Å². The summed E-state index contributed by atoms with van der Waals surface area (Å²) in [4.78, 5) is 17.3. The van der Waals surface area contributed by atoms with Gasteiger partial charge >= 0.3 is 0 Å². The molecule has 142 valence electrons. The van der Waals surface area contributed by atoms with Gasteiger partial charge in [-0.2, -0.15) is 0 Å². The lowest BCUT2D eigenvalue weighted by atomic mass is 10.1. The number of nitrogens with zero attached hydrogens (tertiary/aromatic N) is 1. The number of para-hydroxylation sites is 1. The van der Waals surface area contributed by atoms with Gasteiger partial charge in [-0.25, -0.2) is 4.98 Å².